The Hall–Kier alpha value is -0.190. The van der Waals surface area contributed by atoms with Crippen LogP contribution in [-0.4, -0.2) is 49.5 Å². The molecule has 2 N–H and O–H groups in total. The molecule has 0 radical (unpaired) electrons. The highest BCUT2D eigenvalue weighted by molar-refractivity contribution is 4.88. The van der Waals surface area contributed by atoms with Crippen LogP contribution >= 0.6 is 0 Å². The van der Waals surface area contributed by atoms with Crippen molar-refractivity contribution in [1.82, 2.24) is 4.90 Å². The predicted molar refractivity (Wildman–Crippen MR) is 43.7 cm³/mol. The van der Waals surface area contributed by atoms with Crippen LogP contribution in [0.5, 0.6) is 0 Å². The summed E-state index contributed by atoms with van der Waals surface area (Å²) >= 11 is 0. The van der Waals surface area contributed by atoms with Crippen LogP contribution < -0.4 is 5.73 Å². The number of alkyl halides is 1. The van der Waals surface area contributed by atoms with Gasteiger partial charge in [-0.3, -0.25) is 4.90 Å². The molecule has 0 bridgehead atoms. The number of hydrogen-bond donors (Lipinski definition) is 1. The lowest BCUT2D eigenvalue weighted by Gasteiger charge is -2.41. The van der Waals surface area contributed by atoms with Gasteiger partial charge in [-0.05, 0) is 6.42 Å². The van der Waals surface area contributed by atoms with Crippen molar-refractivity contribution in [3.8, 4) is 0 Å². The molecule has 3 nitrogen and oxygen atoms in total. The first-order chi connectivity index (χ1) is 5.77. The van der Waals surface area contributed by atoms with E-state index in [0.717, 1.165) is 26.2 Å². The van der Waals surface area contributed by atoms with Gasteiger partial charge in [0.15, 0.2) is 0 Å². The van der Waals surface area contributed by atoms with E-state index < -0.39 is 6.17 Å². The molecule has 70 valence electrons. The summed E-state index contributed by atoms with van der Waals surface area (Å²) in [5.41, 5.74) is 5.57. The molecule has 0 unspecified atom stereocenters. The zero-order chi connectivity index (χ0) is 8.55. The highest BCUT2D eigenvalue weighted by atomic mass is 19.1. The summed E-state index contributed by atoms with van der Waals surface area (Å²) in [6, 6.07) is 0.206. The van der Waals surface area contributed by atoms with Crippen molar-refractivity contribution < 1.29 is 9.13 Å². The van der Waals surface area contributed by atoms with E-state index in [1.807, 2.05) is 0 Å². The molecule has 2 heterocycles. The molecular weight excluding hydrogens is 159 g/mol. The van der Waals surface area contributed by atoms with E-state index in [4.69, 9.17) is 10.5 Å². The lowest BCUT2D eigenvalue weighted by atomic mass is 10.0. The van der Waals surface area contributed by atoms with Gasteiger partial charge in [-0.25, -0.2) is 4.39 Å². The van der Waals surface area contributed by atoms with Gasteiger partial charge in [-0.15, -0.1) is 0 Å². The molecule has 2 rings (SSSR count). The van der Waals surface area contributed by atoms with E-state index in [2.05, 4.69) is 4.90 Å². The van der Waals surface area contributed by atoms with Crippen molar-refractivity contribution in [1.29, 1.82) is 0 Å². The zero-order valence-electron chi connectivity index (χ0n) is 7.08. The van der Waals surface area contributed by atoms with Crippen LogP contribution in [0.3, 0.4) is 0 Å². The SMILES string of the molecule is N[C@@H]1CCN(C2COC2)C[C@@H]1F. The van der Waals surface area contributed by atoms with Crippen LogP contribution in [0, 0.1) is 0 Å². The Morgan fingerprint density at radius 3 is 2.67 bits per heavy atom. The fourth-order valence-electron chi connectivity index (χ4n) is 1.71. The highest BCUT2D eigenvalue weighted by Crippen LogP contribution is 2.18. The van der Waals surface area contributed by atoms with Gasteiger partial charge in [0.25, 0.3) is 0 Å². The number of nitrogens with two attached hydrogens (primary N) is 1. The number of rotatable bonds is 1. The quantitative estimate of drug-likeness (QED) is 0.596. The van der Waals surface area contributed by atoms with Crippen LogP contribution in [0.4, 0.5) is 4.39 Å². The summed E-state index contributed by atoms with van der Waals surface area (Å²) in [6.07, 6.45) is -0.0724. The van der Waals surface area contributed by atoms with Crippen LogP contribution in [-0.2, 0) is 4.74 Å². The lowest BCUT2D eigenvalue weighted by Crippen LogP contribution is -2.57. The Bertz CT molecular complexity index is 163. The summed E-state index contributed by atoms with van der Waals surface area (Å²) in [6.45, 7) is 2.95. The van der Waals surface area contributed by atoms with Crippen molar-refractivity contribution in [3.05, 3.63) is 0 Å². The predicted octanol–water partition coefficient (Wildman–Crippen LogP) is -0.244. The number of nitrogens with zero attached hydrogens (tertiary/aromatic N) is 1. The highest BCUT2D eigenvalue weighted by Gasteiger charge is 2.33. The minimum atomic E-state index is -0.848. The summed E-state index contributed by atoms with van der Waals surface area (Å²) < 4.78 is 18.2. The van der Waals surface area contributed by atoms with Gasteiger partial charge in [0, 0.05) is 19.1 Å². The third-order valence-electron chi connectivity index (χ3n) is 2.76. The van der Waals surface area contributed by atoms with E-state index in [9.17, 15) is 4.39 Å². The fourth-order valence-corrected chi connectivity index (χ4v) is 1.71. The molecule has 0 aromatic rings. The molecule has 0 aromatic carbocycles. The third kappa shape index (κ3) is 1.46. The maximum Gasteiger partial charge on any atom is 0.128 e. The second kappa shape index (κ2) is 3.28. The standard InChI is InChI=1S/C8H15FN2O/c9-7-3-11(2-1-8(7)10)6-4-12-5-6/h6-8H,1-5,10H2/t7-,8+/m0/s1. The minimum absolute atomic E-state index is 0.248. The number of ether oxygens (including phenoxy) is 1. The average Bonchev–Trinajstić information content (AvgIpc) is 1.93. The molecular formula is C8H15FN2O. The maximum atomic E-state index is 13.1. The van der Waals surface area contributed by atoms with Gasteiger partial charge in [-0.2, -0.15) is 0 Å². The summed E-state index contributed by atoms with van der Waals surface area (Å²) in [5, 5.41) is 0. The molecule has 12 heavy (non-hydrogen) atoms. The molecule has 2 aliphatic rings. The summed E-state index contributed by atoms with van der Waals surface area (Å²) in [5.74, 6) is 0. The van der Waals surface area contributed by atoms with Crippen LogP contribution in [0.25, 0.3) is 0 Å². The summed E-state index contributed by atoms with van der Waals surface area (Å²) in [4.78, 5) is 2.15. The topological polar surface area (TPSA) is 38.5 Å². The molecule has 2 saturated heterocycles. The first kappa shape index (κ1) is 8.41. The largest absolute Gasteiger partial charge is 0.378 e. The van der Waals surface area contributed by atoms with Gasteiger partial charge in [0.2, 0.25) is 0 Å². The third-order valence-corrected chi connectivity index (χ3v) is 2.76. The normalized spacial score (nSPS) is 39.5. The zero-order valence-corrected chi connectivity index (χ0v) is 7.08. The Morgan fingerprint density at radius 1 is 1.42 bits per heavy atom. The van der Waals surface area contributed by atoms with Crippen LogP contribution in [0.1, 0.15) is 6.42 Å². The average molecular weight is 174 g/mol. The Balaban J connectivity index is 1.84. The van der Waals surface area contributed by atoms with E-state index in [1.54, 1.807) is 0 Å². The van der Waals surface area contributed by atoms with Crippen molar-refractivity contribution >= 4 is 0 Å². The molecule has 4 heteroatoms. The Labute approximate surface area is 71.7 Å². The molecule has 0 saturated carbocycles. The van der Waals surface area contributed by atoms with E-state index >= 15 is 0 Å². The first-order valence-corrected chi connectivity index (χ1v) is 4.49. The molecule has 2 fully saturated rings. The van der Waals surface area contributed by atoms with Gasteiger partial charge in [0.1, 0.15) is 6.17 Å². The lowest BCUT2D eigenvalue weighted by molar-refractivity contribution is -0.0802. The molecule has 0 aliphatic carbocycles. The van der Waals surface area contributed by atoms with Gasteiger partial charge in [-0.1, -0.05) is 0 Å². The number of likely N-dealkylation sites (tertiary alicyclic amines) is 1. The van der Waals surface area contributed by atoms with Crippen LogP contribution in [0.2, 0.25) is 0 Å². The van der Waals surface area contributed by atoms with Crippen molar-refractivity contribution in [2.24, 2.45) is 5.73 Å². The Morgan fingerprint density at radius 2 is 2.17 bits per heavy atom. The van der Waals surface area contributed by atoms with Crippen molar-refractivity contribution in [2.75, 3.05) is 26.3 Å². The van der Waals surface area contributed by atoms with E-state index in [1.165, 1.54) is 0 Å². The van der Waals surface area contributed by atoms with Gasteiger partial charge in [0.05, 0.1) is 19.3 Å². The summed E-state index contributed by atoms with van der Waals surface area (Å²) in [7, 11) is 0. The molecule has 2 atom stereocenters. The first-order valence-electron chi connectivity index (χ1n) is 4.49. The maximum absolute atomic E-state index is 13.1. The fraction of sp³-hybridized carbons (Fsp3) is 1.00. The Kier molecular flexibility index (Phi) is 2.30. The minimum Gasteiger partial charge on any atom is -0.378 e. The molecule has 0 spiro atoms. The number of hydrogen-bond acceptors (Lipinski definition) is 3. The number of halogens is 1. The molecule has 0 amide bonds. The molecule has 0 aromatic heterocycles. The second-order valence-corrected chi connectivity index (χ2v) is 3.65. The van der Waals surface area contributed by atoms with E-state index in [-0.39, 0.29) is 6.04 Å². The van der Waals surface area contributed by atoms with Crippen LogP contribution in [0.15, 0.2) is 0 Å². The number of piperidine rings is 1. The second-order valence-electron chi connectivity index (χ2n) is 3.65. The van der Waals surface area contributed by atoms with Gasteiger partial charge < -0.3 is 10.5 Å². The van der Waals surface area contributed by atoms with Crippen molar-refractivity contribution in [3.63, 3.8) is 0 Å². The smallest absolute Gasteiger partial charge is 0.128 e. The van der Waals surface area contributed by atoms with Gasteiger partial charge >= 0.3 is 0 Å². The van der Waals surface area contributed by atoms with E-state index in [0.29, 0.717) is 12.6 Å². The monoisotopic (exact) mass is 174 g/mol. The molecule has 2 aliphatic heterocycles. The van der Waals surface area contributed by atoms with Crippen molar-refractivity contribution in [2.45, 2.75) is 24.7 Å².